The van der Waals surface area contributed by atoms with Gasteiger partial charge in [0, 0.05) is 20.8 Å². The highest BCUT2D eigenvalue weighted by molar-refractivity contribution is 4.89. The summed E-state index contributed by atoms with van der Waals surface area (Å²) >= 11 is 0. The van der Waals surface area contributed by atoms with E-state index in [1.807, 2.05) is 0 Å². The van der Waals surface area contributed by atoms with Gasteiger partial charge in [-0.25, -0.2) is 0 Å². The first-order valence-electron chi connectivity index (χ1n) is 6.03. The number of likely N-dealkylation sites (N-methyl/N-ethyl adjacent to an activating group) is 1. The van der Waals surface area contributed by atoms with Crippen molar-refractivity contribution >= 4 is 0 Å². The van der Waals surface area contributed by atoms with E-state index in [9.17, 15) is 0 Å². The highest BCUT2D eigenvalue weighted by Crippen LogP contribution is 2.20. The third kappa shape index (κ3) is 4.01. The first kappa shape index (κ1) is 15.8. The Morgan fingerprint density at radius 1 is 1.25 bits per heavy atom. The minimum Gasteiger partial charge on any atom is -0.354 e. The molecule has 4 nitrogen and oxygen atoms in total. The largest absolute Gasteiger partial charge is 0.354 e. The molecule has 4 heteroatoms. The Kier molecular flexibility index (Phi) is 7.93. The van der Waals surface area contributed by atoms with Crippen LogP contribution in [0.15, 0.2) is 0 Å². The zero-order valence-corrected chi connectivity index (χ0v) is 11.5. The zero-order chi connectivity index (χ0) is 12.6. The zero-order valence-electron chi connectivity index (χ0n) is 11.5. The van der Waals surface area contributed by atoms with Crippen molar-refractivity contribution in [1.82, 2.24) is 4.90 Å². The lowest BCUT2D eigenvalue weighted by molar-refractivity contribution is -0.177. The molecule has 0 radical (unpaired) electrons. The van der Waals surface area contributed by atoms with Crippen molar-refractivity contribution < 1.29 is 9.47 Å². The number of hydrogen-bond donors (Lipinski definition) is 1. The summed E-state index contributed by atoms with van der Waals surface area (Å²) in [5.41, 5.74) is 5.60. The quantitative estimate of drug-likeness (QED) is 0.483. The van der Waals surface area contributed by atoms with Gasteiger partial charge in [0.25, 0.3) is 0 Å². The van der Waals surface area contributed by atoms with Crippen LogP contribution in [-0.4, -0.2) is 51.1 Å². The van der Waals surface area contributed by atoms with Crippen LogP contribution in [0, 0.1) is 0 Å². The monoisotopic (exact) mass is 232 g/mol. The topological polar surface area (TPSA) is 47.7 Å². The average molecular weight is 232 g/mol. The Labute approximate surface area is 100 Å². The molecule has 0 aliphatic carbocycles. The summed E-state index contributed by atoms with van der Waals surface area (Å²) in [7, 11) is 5.39. The molecule has 1 atom stereocenters. The molecule has 98 valence electrons. The fourth-order valence-electron chi connectivity index (χ4n) is 1.89. The molecule has 0 heterocycles. The van der Waals surface area contributed by atoms with Crippen LogP contribution in [0.2, 0.25) is 0 Å². The van der Waals surface area contributed by atoms with Gasteiger partial charge in [-0.15, -0.1) is 0 Å². The molecule has 1 unspecified atom stereocenters. The number of rotatable bonds is 9. The lowest BCUT2D eigenvalue weighted by atomic mass is 9.99. The second-order valence-corrected chi connectivity index (χ2v) is 4.49. The van der Waals surface area contributed by atoms with Crippen molar-refractivity contribution in [3.63, 3.8) is 0 Å². The van der Waals surface area contributed by atoms with Gasteiger partial charge >= 0.3 is 0 Å². The van der Waals surface area contributed by atoms with Crippen molar-refractivity contribution in [2.75, 3.05) is 34.4 Å². The van der Waals surface area contributed by atoms with Crippen molar-refractivity contribution in [2.45, 2.75) is 44.9 Å². The SMILES string of the molecule is CCCCCN(C)C(C)(CN)C(OC)OC. The summed E-state index contributed by atoms with van der Waals surface area (Å²) in [6.07, 6.45) is 3.37. The van der Waals surface area contributed by atoms with Crippen molar-refractivity contribution in [3.8, 4) is 0 Å². The molecular weight excluding hydrogens is 204 g/mol. The van der Waals surface area contributed by atoms with Gasteiger partial charge in [-0.05, 0) is 26.9 Å². The number of hydrogen-bond acceptors (Lipinski definition) is 4. The predicted molar refractivity (Wildman–Crippen MR) is 67.4 cm³/mol. The van der Waals surface area contributed by atoms with E-state index in [1.54, 1.807) is 14.2 Å². The first-order chi connectivity index (χ1) is 7.56. The van der Waals surface area contributed by atoms with E-state index in [0.717, 1.165) is 6.54 Å². The standard InChI is InChI=1S/C12H28N2O2/c1-6-7-8-9-14(3)12(2,10-13)11(15-4)16-5/h11H,6-10,13H2,1-5H3. The molecule has 0 fully saturated rings. The Balaban J connectivity index is 4.41. The lowest BCUT2D eigenvalue weighted by Crippen LogP contribution is -2.59. The van der Waals surface area contributed by atoms with Crippen LogP contribution in [-0.2, 0) is 9.47 Å². The number of nitrogens with two attached hydrogens (primary N) is 1. The van der Waals surface area contributed by atoms with Gasteiger partial charge < -0.3 is 15.2 Å². The van der Waals surface area contributed by atoms with E-state index in [-0.39, 0.29) is 11.8 Å². The van der Waals surface area contributed by atoms with Crippen molar-refractivity contribution in [2.24, 2.45) is 5.73 Å². The lowest BCUT2D eigenvalue weighted by Gasteiger charge is -2.42. The summed E-state index contributed by atoms with van der Waals surface area (Å²) in [6.45, 7) is 5.82. The van der Waals surface area contributed by atoms with Crippen molar-refractivity contribution in [3.05, 3.63) is 0 Å². The third-order valence-electron chi connectivity index (χ3n) is 3.32. The smallest absolute Gasteiger partial charge is 0.176 e. The van der Waals surface area contributed by atoms with Gasteiger partial charge in [0.15, 0.2) is 6.29 Å². The van der Waals surface area contributed by atoms with Crippen LogP contribution in [0.5, 0.6) is 0 Å². The van der Waals surface area contributed by atoms with E-state index in [0.29, 0.717) is 6.54 Å². The molecule has 0 amide bonds. The second kappa shape index (κ2) is 8.01. The highest BCUT2D eigenvalue weighted by atomic mass is 16.7. The van der Waals surface area contributed by atoms with Gasteiger partial charge in [0.1, 0.15) is 0 Å². The number of unbranched alkanes of at least 4 members (excludes halogenated alkanes) is 2. The third-order valence-corrected chi connectivity index (χ3v) is 3.32. The molecule has 0 saturated heterocycles. The van der Waals surface area contributed by atoms with Crippen molar-refractivity contribution in [1.29, 1.82) is 0 Å². The normalized spacial score (nSPS) is 15.8. The molecule has 0 aliphatic heterocycles. The maximum absolute atomic E-state index is 5.86. The van der Waals surface area contributed by atoms with E-state index in [4.69, 9.17) is 15.2 Å². The number of ether oxygens (including phenoxy) is 2. The molecule has 0 rings (SSSR count). The van der Waals surface area contributed by atoms with Gasteiger partial charge in [-0.1, -0.05) is 19.8 Å². The fraction of sp³-hybridized carbons (Fsp3) is 1.00. The predicted octanol–water partition coefficient (Wildman–Crippen LogP) is 1.44. The molecule has 0 saturated carbocycles. The van der Waals surface area contributed by atoms with Crippen LogP contribution >= 0.6 is 0 Å². The molecule has 0 aromatic heterocycles. The average Bonchev–Trinajstić information content (AvgIpc) is 2.30. The number of methoxy groups -OCH3 is 2. The summed E-state index contributed by atoms with van der Waals surface area (Å²) in [5.74, 6) is 0. The van der Waals surface area contributed by atoms with E-state index >= 15 is 0 Å². The Hall–Kier alpha value is -0.160. The minimum atomic E-state index is -0.288. The molecule has 2 N–H and O–H groups in total. The van der Waals surface area contributed by atoms with Gasteiger partial charge in [-0.2, -0.15) is 0 Å². The Morgan fingerprint density at radius 2 is 1.81 bits per heavy atom. The van der Waals surface area contributed by atoms with E-state index in [2.05, 4.69) is 25.8 Å². The van der Waals surface area contributed by atoms with Gasteiger partial charge in [-0.3, -0.25) is 4.90 Å². The van der Waals surface area contributed by atoms with Gasteiger partial charge in [0.2, 0.25) is 0 Å². The molecule has 0 aromatic carbocycles. The van der Waals surface area contributed by atoms with Crippen LogP contribution in [0.3, 0.4) is 0 Å². The van der Waals surface area contributed by atoms with Crippen LogP contribution < -0.4 is 5.73 Å². The molecule has 16 heavy (non-hydrogen) atoms. The van der Waals surface area contributed by atoms with E-state index in [1.165, 1.54) is 19.3 Å². The fourth-order valence-corrected chi connectivity index (χ4v) is 1.89. The maximum atomic E-state index is 5.86. The van der Waals surface area contributed by atoms with Crippen LogP contribution in [0.1, 0.15) is 33.1 Å². The summed E-state index contributed by atoms with van der Waals surface area (Å²) < 4.78 is 10.7. The summed E-state index contributed by atoms with van der Waals surface area (Å²) in [5, 5.41) is 0. The Bertz CT molecular complexity index is 174. The summed E-state index contributed by atoms with van der Waals surface area (Å²) in [4.78, 5) is 2.24. The minimum absolute atomic E-state index is 0.267. The summed E-state index contributed by atoms with van der Waals surface area (Å²) in [6, 6.07) is 0. The number of nitrogens with zero attached hydrogens (tertiary/aromatic N) is 1. The molecule has 0 aromatic rings. The van der Waals surface area contributed by atoms with Crippen LogP contribution in [0.25, 0.3) is 0 Å². The molecule has 0 spiro atoms. The maximum Gasteiger partial charge on any atom is 0.176 e. The van der Waals surface area contributed by atoms with Gasteiger partial charge in [0.05, 0.1) is 5.54 Å². The van der Waals surface area contributed by atoms with E-state index < -0.39 is 0 Å². The molecule has 0 bridgehead atoms. The molecule has 0 aliphatic rings. The highest BCUT2D eigenvalue weighted by Gasteiger charge is 2.37. The first-order valence-corrected chi connectivity index (χ1v) is 6.03. The second-order valence-electron chi connectivity index (χ2n) is 4.49. The van der Waals surface area contributed by atoms with Crippen LogP contribution in [0.4, 0.5) is 0 Å². The molecular formula is C12H28N2O2. The Morgan fingerprint density at radius 3 is 2.19 bits per heavy atom.